The van der Waals surface area contributed by atoms with Gasteiger partial charge in [0.05, 0.1) is 20.8 Å². The van der Waals surface area contributed by atoms with Crippen molar-refractivity contribution < 1.29 is 14.4 Å². The van der Waals surface area contributed by atoms with E-state index in [9.17, 15) is 9.59 Å². The molecule has 0 aliphatic carbocycles. The van der Waals surface area contributed by atoms with Gasteiger partial charge in [0.15, 0.2) is 18.2 Å². The number of hydrogen-bond acceptors (Lipinski definition) is 5. The van der Waals surface area contributed by atoms with Gasteiger partial charge in [-0.05, 0) is 17.7 Å². The molecule has 2 heterocycles. The molecular weight excluding hydrogens is 336 g/mol. The molecule has 8 heteroatoms. The van der Waals surface area contributed by atoms with Gasteiger partial charge in [-0.2, -0.15) is 0 Å². The van der Waals surface area contributed by atoms with E-state index in [0.29, 0.717) is 36.1 Å². The number of anilines is 1. The number of nitrogens with one attached hydrogen (secondary N) is 2. The van der Waals surface area contributed by atoms with Gasteiger partial charge in [-0.15, -0.1) is 0 Å². The minimum Gasteiger partial charge on any atom is -0.493 e. The van der Waals surface area contributed by atoms with Crippen molar-refractivity contribution in [1.29, 1.82) is 0 Å². The quantitative estimate of drug-likeness (QED) is 0.723. The highest BCUT2D eigenvalue weighted by Gasteiger charge is 2.25. The number of fused-ring (bicyclic) bond motifs is 1. The first-order valence-electron chi connectivity index (χ1n) is 8.53. The van der Waals surface area contributed by atoms with E-state index in [4.69, 9.17) is 9.47 Å². The first-order valence-corrected chi connectivity index (χ1v) is 8.53. The Balaban J connectivity index is 1.75. The Hall–Kier alpha value is -2.74. The molecule has 1 aliphatic heterocycles. The molecule has 26 heavy (non-hydrogen) atoms. The highest BCUT2D eigenvalue weighted by Crippen LogP contribution is 2.27. The third-order valence-corrected chi connectivity index (χ3v) is 4.91. The number of rotatable bonds is 5. The van der Waals surface area contributed by atoms with Crippen molar-refractivity contribution in [3.05, 3.63) is 50.2 Å². The maximum absolute atomic E-state index is 12.4. The molecule has 1 atom stereocenters. The Labute approximate surface area is 151 Å². The fraction of sp³-hybridized carbons (Fsp3) is 0.444. The Morgan fingerprint density at radius 1 is 1.12 bits per heavy atom. The number of aromatic nitrogens is 2. The molecule has 1 aliphatic rings. The molecule has 1 unspecified atom stereocenters. The van der Waals surface area contributed by atoms with E-state index in [-0.39, 0.29) is 11.2 Å². The molecule has 2 aromatic rings. The SMILES string of the molecule is COc1ccc(CC[NH+]2CNc3c(c(=O)n(C)c(=O)n3C)C2)cc1OC. The Bertz CT molecular complexity index is 932. The van der Waals surface area contributed by atoms with Gasteiger partial charge in [-0.25, -0.2) is 4.79 Å². The monoisotopic (exact) mass is 361 g/mol. The van der Waals surface area contributed by atoms with Crippen LogP contribution in [0.2, 0.25) is 0 Å². The number of benzene rings is 1. The van der Waals surface area contributed by atoms with Crippen LogP contribution in [0, 0.1) is 0 Å². The van der Waals surface area contributed by atoms with Gasteiger partial charge in [0.2, 0.25) is 0 Å². The van der Waals surface area contributed by atoms with Crippen LogP contribution in [0.4, 0.5) is 5.82 Å². The third-order valence-electron chi connectivity index (χ3n) is 4.91. The average Bonchev–Trinajstić information content (AvgIpc) is 2.68. The maximum Gasteiger partial charge on any atom is 0.332 e. The highest BCUT2D eigenvalue weighted by molar-refractivity contribution is 5.44. The number of methoxy groups -OCH3 is 2. The lowest BCUT2D eigenvalue weighted by Crippen LogP contribution is -3.13. The zero-order chi connectivity index (χ0) is 18.8. The normalized spacial score (nSPS) is 15.9. The largest absolute Gasteiger partial charge is 0.493 e. The summed E-state index contributed by atoms with van der Waals surface area (Å²) < 4.78 is 13.3. The van der Waals surface area contributed by atoms with Crippen LogP contribution in [-0.4, -0.2) is 36.6 Å². The van der Waals surface area contributed by atoms with E-state index in [1.54, 1.807) is 21.3 Å². The molecule has 140 valence electrons. The van der Waals surface area contributed by atoms with Crippen LogP contribution in [0.15, 0.2) is 27.8 Å². The van der Waals surface area contributed by atoms with Crippen molar-refractivity contribution in [3.8, 4) is 11.5 Å². The number of quaternary nitrogens is 1. The smallest absolute Gasteiger partial charge is 0.332 e. The number of ether oxygens (including phenoxy) is 2. The van der Waals surface area contributed by atoms with E-state index in [2.05, 4.69) is 5.32 Å². The summed E-state index contributed by atoms with van der Waals surface area (Å²) in [5.41, 5.74) is 1.27. The summed E-state index contributed by atoms with van der Waals surface area (Å²) in [5.74, 6) is 2.06. The van der Waals surface area contributed by atoms with E-state index < -0.39 is 0 Å². The second-order valence-electron chi connectivity index (χ2n) is 6.50. The first kappa shape index (κ1) is 18.1. The first-order chi connectivity index (χ1) is 12.5. The molecule has 0 amide bonds. The molecule has 1 aromatic heterocycles. The second-order valence-corrected chi connectivity index (χ2v) is 6.50. The van der Waals surface area contributed by atoms with Gasteiger partial charge in [0.25, 0.3) is 5.56 Å². The van der Waals surface area contributed by atoms with Crippen LogP contribution in [0.5, 0.6) is 11.5 Å². The zero-order valence-corrected chi connectivity index (χ0v) is 15.6. The standard InChI is InChI=1S/C18H24N4O4/c1-20-16-13(17(23)21(2)18(20)24)10-22(11-19-16)8-7-12-5-6-14(25-3)15(9-12)26-4/h5-6,9,19H,7-8,10-11H2,1-4H3/p+1. The lowest BCUT2D eigenvalue weighted by atomic mass is 10.1. The van der Waals surface area contributed by atoms with Gasteiger partial charge in [0.1, 0.15) is 17.9 Å². The Morgan fingerprint density at radius 3 is 2.54 bits per heavy atom. The van der Waals surface area contributed by atoms with Crippen LogP contribution in [-0.2, 0) is 27.1 Å². The van der Waals surface area contributed by atoms with Crippen LogP contribution < -0.4 is 30.9 Å². The van der Waals surface area contributed by atoms with Crippen molar-refractivity contribution >= 4 is 5.82 Å². The molecule has 0 bridgehead atoms. The summed E-state index contributed by atoms with van der Waals surface area (Å²) in [4.78, 5) is 25.7. The molecule has 0 fully saturated rings. The third kappa shape index (κ3) is 3.20. The predicted molar refractivity (Wildman–Crippen MR) is 98.2 cm³/mol. The van der Waals surface area contributed by atoms with Crippen molar-refractivity contribution in [1.82, 2.24) is 9.13 Å². The van der Waals surface area contributed by atoms with E-state index in [0.717, 1.165) is 23.1 Å². The van der Waals surface area contributed by atoms with Crippen LogP contribution in [0.3, 0.4) is 0 Å². The van der Waals surface area contributed by atoms with E-state index in [1.807, 2.05) is 18.2 Å². The van der Waals surface area contributed by atoms with Gasteiger partial charge in [-0.1, -0.05) is 6.07 Å². The Morgan fingerprint density at radius 2 is 1.85 bits per heavy atom. The van der Waals surface area contributed by atoms with Crippen molar-refractivity contribution in [2.75, 3.05) is 32.7 Å². The molecule has 3 rings (SSSR count). The molecule has 2 N–H and O–H groups in total. The average molecular weight is 361 g/mol. The van der Waals surface area contributed by atoms with Crippen LogP contribution in [0.1, 0.15) is 11.1 Å². The molecule has 1 aromatic carbocycles. The molecule has 8 nitrogen and oxygen atoms in total. The maximum atomic E-state index is 12.4. The molecule has 0 saturated carbocycles. The van der Waals surface area contributed by atoms with Gasteiger partial charge < -0.3 is 19.7 Å². The van der Waals surface area contributed by atoms with Crippen LogP contribution >= 0.6 is 0 Å². The summed E-state index contributed by atoms with van der Waals surface area (Å²) >= 11 is 0. The van der Waals surface area contributed by atoms with E-state index in [1.165, 1.54) is 16.5 Å². The van der Waals surface area contributed by atoms with Gasteiger partial charge in [0, 0.05) is 20.5 Å². The Kier molecular flexibility index (Phi) is 5.03. The topological polar surface area (TPSA) is 78.9 Å². The van der Waals surface area contributed by atoms with Crippen molar-refractivity contribution in [2.24, 2.45) is 14.1 Å². The van der Waals surface area contributed by atoms with Crippen LogP contribution in [0.25, 0.3) is 0 Å². The fourth-order valence-corrected chi connectivity index (χ4v) is 3.35. The predicted octanol–water partition coefficient (Wildman–Crippen LogP) is -0.888. The summed E-state index contributed by atoms with van der Waals surface area (Å²) in [6.45, 7) is 2.12. The summed E-state index contributed by atoms with van der Waals surface area (Å²) in [6, 6.07) is 5.90. The van der Waals surface area contributed by atoms with Gasteiger partial charge >= 0.3 is 5.69 Å². The van der Waals surface area contributed by atoms with E-state index >= 15 is 0 Å². The molecule has 0 spiro atoms. The van der Waals surface area contributed by atoms with Gasteiger partial charge in [-0.3, -0.25) is 13.9 Å². The summed E-state index contributed by atoms with van der Waals surface area (Å²) in [6.07, 6.45) is 0.846. The second kappa shape index (κ2) is 7.25. The molecular formula is C18H25N4O4+. The summed E-state index contributed by atoms with van der Waals surface area (Å²) in [7, 11) is 6.44. The number of nitrogens with zero attached hydrogens (tertiary/aromatic N) is 2. The number of hydrogen-bond donors (Lipinski definition) is 2. The highest BCUT2D eigenvalue weighted by atomic mass is 16.5. The van der Waals surface area contributed by atoms with Crippen molar-refractivity contribution in [2.45, 2.75) is 13.0 Å². The van der Waals surface area contributed by atoms with Crippen molar-refractivity contribution in [3.63, 3.8) is 0 Å². The molecule has 0 saturated heterocycles. The lowest BCUT2D eigenvalue weighted by molar-refractivity contribution is -0.912. The zero-order valence-electron chi connectivity index (χ0n) is 15.6. The lowest BCUT2D eigenvalue weighted by Gasteiger charge is -2.28. The fourth-order valence-electron chi connectivity index (χ4n) is 3.35. The minimum absolute atomic E-state index is 0.223. The summed E-state index contributed by atoms with van der Waals surface area (Å²) in [5, 5.41) is 3.23. The molecule has 0 radical (unpaired) electrons. The minimum atomic E-state index is -0.310.